The van der Waals surface area contributed by atoms with Crippen LogP contribution in [0.5, 0.6) is 5.75 Å². The lowest BCUT2D eigenvalue weighted by Gasteiger charge is -2.10. The van der Waals surface area contributed by atoms with Gasteiger partial charge in [0.15, 0.2) is 22.8 Å². The summed E-state index contributed by atoms with van der Waals surface area (Å²) in [6.45, 7) is 2.66. The highest BCUT2D eigenvalue weighted by atomic mass is 16.5. The van der Waals surface area contributed by atoms with E-state index >= 15 is 0 Å². The second-order valence-corrected chi connectivity index (χ2v) is 5.68. The molecule has 0 aliphatic carbocycles. The fourth-order valence-electron chi connectivity index (χ4n) is 2.84. The number of para-hydroxylation sites is 1. The molecular weight excluding hydrogens is 304 g/mol. The summed E-state index contributed by atoms with van der Waals surface area (Å²) in [6.07, 6.45) is 1.97. The van der Waals surface area contributed by atoms with Gasteiger partial charge in [0.05, 0.1) is 19.7 Å². The zero-order chi connectivity index (χ0) is 16.5. The minimum atomic E-state index is 0.0394. The van der Waals surface area contributed by atoms with Crippen molar-refractivity contribution in [3.63, 3.8) is 0 Å². The standard InChI is InChI=1S/C18H18N4O2/c1-12(18-21-20-16-8-3-4-9-22(16)18)19-11-14-10-13-6-5-7-15(23-2)17(13)24-14/h3-10,12,19H,11H2,1-2H3. The molecule has 0 amide bonds. The number of furan rings is 1. The number of hydrogen-bond donors (Lipinski definition) is 1. The van der Waals surface area contributed by atoms with Crippen LogP contribution in [-0.2, 0) is 6.54 Å². The molecule has 1 unspecified atom stereocenters. The van der Waals surface area contributed by atoms with Crippen molar-refractivity contribution in [3.05, 3.63) is 60.2 Å². The smallest absolute Gasteiger partial charge is 0.176 e. The third kappa shape index (κ3) is 2.51. The van der Waals surface area contributed by atoms with Gasteiger partial charge in [0.25, 0.3) is 0 Å². The second kappa shape index (κ2) is 5.98. The van der Waals surface area contributed by atoms with Crippen molar-refractivity contribution < 1.29 is 9.15 Å². The molecule has 3 aromatic heterocycles. The van der Waals surface area contributed by atoms with Crippen LogP contribution in [0.2, 0.25) is 0 Å². The zero-order valence-electron chi connectivity index (χ0n) is 13.6. The van der Waals surface area contributed by atoms with Gasteiger partial charge in [-0.2, -0.15) is 0 Å². The first-order valence-electron chi connectivity index (χ1n) is 7.85. The number of benzene rings is 1. The summed E-state index contributed by atoms with van der Waals surface area (Å²) < 4.78 is 13.2. The minimum absolute atomic E-state index is 0.0394. The molecule has 24 heavy (non-hydrogen) atoms. The van der Waals surface area contributed by atoms with Gasteiger partial charge in [0.2, 0.25) is 0 Å². The van der Waals surface area contributed by atoms with Crippen molar-refractivity contribution in [3.8, 4) is 5.75 Å². The number of aromatic nitrogens is 3. The Kier molecular flexibility index (Phi) is 3.66. The van der Waals surface area contributed by atoms with Gasteiger partial charge in [-0.25, -0.2) is 0 Å². The Hall–Kier alpha value is -2.86. The first-order valence-corrected chi connectivity index (χ1v) is 7.85. The molecule has 0 bridgehead atoms. The molecule has 4 rings (SSSR count). The molecular formula is C18H18N4O2. The maximum atomic E-state index is 5.91. The monoisotopic (exact) mass is 322 g/mol. The number of nitrogens with zero attached hydrogens (tertiary/aromatic N) is 3. The maximum absolute atomic E-state index is 5.91. The van der Waals surface area contributed by atoms with Gasteiger partial charge >= 0.3 is 0 Å². The summed E-state index contributed by atoms with van der Waals surface area (Å²) in [5, 5.41) is 12.9. The van der Waals surface area contributed by atoms with E-state index in [9.17, 15) is 0 Å². The van der Waals surface area contributed by atoms with Crippen LogP contribution >= 0.6 is 0 Å². The quantitative estimate of drug-likeness (QED) is 0.610. The van der Waals surface area contributed by atoms with E-state index in [0.717, 1.165) is 34.0 Å². The number of hydrogen-bond acceptors (Lipinski definition) is 5. The number of fused-ring (bicyclic) bond motifs is 2. The Morgan fingerprint density at radius 2 is 2.12 bits per heavy atom. The Morgan fingerprint density at radius 3 is 3.00 bits per heavy atom. The molecule has 122 valence electrons. The molecule has 3 heterocycles. The Morgan fingerprint density at radius 1 is 1.21 bits per heavy atom. The Bertz CT molecular complexity index is 989. The summed E-state index contributed by atoms with van der Waals surface area (Å²) in [4.78, 5) is 0. The SMILES string of the molecule is COc1cccc2cc(CNC(C)c3nnc4ccccn34)oc12. The average Bonchev–Trinajstić information content (AvgIpc) is 3.23. The predicted octanol–water partition coefficient (Wildman–Crippen LogP) is 3.33. The van der Waals surface area contributed by atoms with E-state index in [1.165, 1.54) is 0 Å². The molecule has 6 heteroatoms. The summed E-state index contributed by atoms with van der Waals surface area (Å²) >= 11 is 0. The van der Waals surface area contributed by atoms with Crippen molar-refractivity contribution in [1.82, 2.24) is 19.9 Å². The van der Waals surface area contributed by atoms with Gasteiger partial charge < -0.3 is 14.5 Å². The molecule has 1 N–H and O–H groups in total. The summed E-state index contributed by atoms with van der Waals surface area (Å²) in [5.41, 5.74) is 1.62. The minimum Gasteiger partial charge on any atom is -0.493 e. The number of methoxy groups -OCH3 is 1. The van der Waals surface area contributed by atoms with Crippen molar-refractivity contribution in [2.24, 2.45) is 0 Å². The predicted molar refractivity (Wildman–Crippen MR) is 91.0 cm³/mol. The van der Waals surface area contributed by atoms with Crippen LogP contribution in [0.1, 0.15) is 24.6 Å². The molecule has 0 spiro atoms. The van der Waals surface area contributed by atoms with Gasteiger partial charge in [-0.3, -0.25) is 4.40 Å². The molecule has 4 aromatic rings. The van der Waals surface area contributed by atoms with E-state index in [1.54, 1.807) is 7.11 Å². The maximum Gasteiger partial charge on any atom is 0.176 e. The van der Waals surface area contributed by atoms with E-state index in [0.29, 0.717) is 6.54 Å². The zero-order valence-corrected chi connectivity index (χ0v) is 13.6. The van der Waals surface area contributed by atoms with Gasteiger partial charge in [0, 0.05) is 11.6 Å². The fourth-order valence-corrected chi connectivity index (χ4v) is 2.84. The number of nitrogens with one attached hydrogen (secondary N) is 1. The van der Waals surface area contributed by atoms with Crippen LogP contribution in [0, 0.1) is 0 Å². The largest absolute Gasteiger partial charge is 0.493 e. The highest BCUT2D eigenvalue weighted by Gasteiger charge is 2.14. The van der Waals surface area contributed by atoms with Gasteiger partial charge in [0.1, 0.15) is 5.76 Å². The summed E-state index contributed by atoms with van der Waals surface area (Å²) in [5.74, 6) is 2.48. The molecule has 6 nitrogen and oxygen atoms in total. The molecule has 1 aromatic carbocycles. The fraction of sp³-hybridized carbons (Fsp3) is 0.222. The van der Waals surface area contributed by atoms with Crippen molar-refractivity contribution in [1.29, 1.82) is 0 Å². The van der Waals surface area contributed by atoms with Crippen LogP contribution in [0.25, 0.3) is 16.6 Å². The van der Waals surface area contributed by atoms with Crippen LogP contribution in [0.15, 0.2) is 53.1 Å². The van der Waals surface area contributed by atoms with Crippen LogP contribution in [0.3, 0.4) is 0 Å². The lowest BCUT2D eigenvalue weighted by Crippen LogP contribution is -2.20. The highest BCUT2D eigenvalue weighted by molar-refractivity contribution is 5.83. The van der Waals surface area contributed by atoms with E-state index in [1.807, 2.05) is 53.1 Å². The lowest BCUT2D eigenvalue weighted by molar-refractivity contribution is 0.404. The Balaban J connectivity index is 1.54. The van der Waals surface area contributed by atoms with Crippen molar-refractivity contribution in [2.75, 3.05) is 7.11 Å². The van der Waals surface area contributed by atoms with Gasteiger partial charge in [-0.1, -0.05) is 18.2 Å². The van der Waals surface area contributed by atoms with Crippen molar-refractivity contribution in [2.45, 2.75) is 19.5 Å². The molecule has 0 fully saturated rings. The summed E-state index contributed by atoms with van der Waals surface area (Å²) in [7, 11) is 1.65. The topological polar surface area (TPSA) is 64.6 Å². The third-order valence-corrected chi connectivity index (χ3v) is 4.09. The molecule has 1 atom stereocenters. The van der Waals surface area contributed by atoms with E-state index in [-0.39, 0.29) is 6.04 Å². The van der Waals surface area contributed by atoms with Crippen LogP contribution < -0.4 is 10.1 Å². The number of pyridine rings is 1. The van der Waals surface area contributed by atoms with Gasteiger partial charge in [-0.15, -0.1) is 10.2 Å². The molecule has 0 radical (unpaired) electrons. The normalized spacial score (nSPS) is 12.8. The number of ether oxygens (including phenoxy) is 1. The van der Waals surface area contributed by atoms with Crippen LogP contribution in [0.4, 0.5) is 0 Å². The first-order chi connectivity index (χ1) is 11.8. The second-order valence-electron chi connectivity index (χ2n) is 5.68. The molecule has 0 saturated carbocycles. The average molecular weight is 322 g/mol. The summed E-state index contributed by atoms with van der Waals surface area (Å²) in [6, 6.07) is 13.8. The van der Waals surface area contributed by atoms with E-state index in [2.05, 4.69) is 22.4 Å². The lowest BCUT2D eigenvalue weighted by atomic mass is 10.2. The third-order valence-electron chi connectivity index (χ3n) is 4.09. The van der Waals surface area contributed by atoms with E-state index < -0.39 is 0 Å². The Labute approximate surface area is 139 Å². The van der Waals surface area contributed by atoms with Crippen LogP contribution in [-0.4, -0.2) is 21.7 Å². The first kappa shape index (κ1) is 14.7. The van der Waals surface area contributed by atoms with Gasteiger partial charge in [-0.05, 0) is 31.2 Å². The molecule has 0 aliphatic rings. The van der Waals surface area contributed by atoms with E-state index in [4.69, 9.17) is 9.15 Å². The molecule has 0 aliphatic heterocycles. The molecule has 0 saturated heterocycles. The van der Waals surface area contributed by atoms with Crippen molar-refractivity contribution >= 4 is 16.6 Å². The highest BCUT2D eigenvalue weighted by Crippen LogP contribution is 2.28. The number of rotatable bonds is 5.